The van der Waals surface area contributed by atoms with E-state index in [1.54, 1.807) is 0 Å². The molecule has 0 radical (unpaired) electrons. The normalized spacial score (nSPS) is 19.3. The monoisotopic (exact) mass is 638 g/mol. The van der Waals surface area contributed by atoms with E-state index in [0.717, 1.165) is 79.3 Å². The Labute approximate surface area is 278 Å². The lowest BCUT2D eigenvalue weighted by molar-refractivity contribution is -0.141. The average Bonchev–Trinajstić information content (AvgIpc) is 3.95. The van der Waals surface area contributed by atoms with Crippen molar-refractivity contribution in [1.82, 2.24) is 15.2 Å². The zero-order chi connectivity index (χ0) is 33.2. The summed E-state index contributed by atoms with van der Waals surface area (Å²) in [6.45, 7) is 0. The van der Waals surface area contributed by atoms with Crippen molar-refractivity contribution in [2.45, 2.75) is 25.7 Å². The largest absolute Gasteiger partial charge is 0.469 e. The molecule has 48 heavy (non-hydrogen) atoms. The van der Waals surface area contributed by atoms with Gasteiger partial charge in [-0.05, 0) is 67.0 Å². The smallest absolute Gasteiger partial charge is 0.305 e. The lowest BCUT2D eigenvalue weighted by Crippen LogP contribution is -2.23. The number of hydrogen-bond acceptors (Lipinski definition) is 9. The Bertz CT molecular complexity index is 2060. The van der Waals surface area contributed by atoms with Crippen LogP contribution in [0, 0.1) is 0 Å². The van der Waals surface area contributed by atoms with E-state index in [0.29, 0.717) is 12.8 Å². The van der Waals surface area contributed by atoms with Crippen LogP contribution < -0.4 is 5.32 Å². The summed E-state index contributed by atoms with van der Waals surface area (Å²) in [6.07, 6.45) is 16.9. The van der Waals surface area contributed by atoms with Crippen molar-refractivity contribution in [3.05, 3.63) is 142 Å². The summed E-state index contributed by atoms with van der Waals surface area (Å²) in [5.74, 6) is 0.231. The number of allylic oxidation sites excluding steroid dienone is 9. The van der Waals surface area contributed by atoms with Crippen LogP contribution in [0.5, 0.6) is 0 Å². The second kappa shape index (κ2) is 13.0. The SMILES string of the molecule is COC(=O)CCC1=C2C=CC(=N2)C(=C2NC=CN2C)C2=NC(=C(CCC(=O)OC)c3ccc([nH]3)C(c3ccccc3)=C3C=CC1=N3)C=C2. The number of benzene rings is 1. The molecule has 2 N–H and O–H groups in total. The van der Waals surface area contributed by atoms with E-state index in [2.05, 4.69) is 22.4 Å². The van der Waals surface area contributed by atoms with Gasteiger partial charge >= 0.3 is 11.9 Å². The van der Waals surface area contributed by atoms with Gasteiger partial charge in [0.1, 0.15) is 5.82 Å². The second-order valence-corrected chi connectivity index (χ2v) is 11.6. The number of carbonyl (C=O) groups excluding carboxylic acids is 2. The third-order valence-corrected chi connectivity index (χ3v) is 8.68. The zero-order valence-electron chi connectivity index (χ0n) is 26.9. The minimum atomic E-state index is -0.304. The van der Waals surface area contributed by atoms with Crippen LogP contribution in [-0.2, 0) is 19.1 Å². The van der Waals surface area contributed by atoms with Crippen LogP contribution in [0.4, 0.5) is 0 Å². The van der Waals surface area contributed by atoms with Crippen molar-refractivity contribution in [3.63, 3.8) is 0 Å². The molecule has 0 atom stereocenters. The van der Waals surface area contributed by atoms with Gasteiger partial charge in [-0.1, -0.05) is 30.3 Å². The van der Waals surface area contributed by atoms with Crippen LogP contribution in [0.3, 0.4) is 0 Å². The van der Waals surface area contributed by atoms with Crippen LogP contribution in [0.1, 0.15) is 42.6 Å². The molecule has 0 saturated heterocycles. The Kier molecular flexibility index (Phi) is 8.29. The van der Waals surface area contributed by atoms with Gasteiger partial charge in [0, 0.05) is 60.4 Å². The zero-order valence-corrected chi connectivity index (χ0v) is 26.9. The van der Waals surface area contributed by atoms with Crippen LogP contribution in [0.25, 0.3) is 11.1 Å². The first-order chi connectivity index (χ1) is 23.4. The van der Waals surface area contributed by atoms with Gasteiger partial charge in [0.15, 0.2) is 0 Å². The molecule has 0 amide bonds. The molecule has 1 aromatic carbocycles. The quantitative estimate of drug-likeness (QED) is 0.364. The molecule has 0 aliphatic carbocycles. The highest BCUT2D eigenvalue weighted by atomic mass is 16.5. The number of aromatic amines is 1. The highest BCUT2D eigenvalue weighted by Crippen LogP contribution is 2.36. The number of fused-ring (bicyclic) bond motifs is 5. The van der Waals surface area contributed by atoms with E-state index < -0.39 is 0 Å². The first-order valence-corrected chi connectivity index (χ1v) is 15.7. The number of H-pyrrole nitrogens is 1. The summed E-state index contributed by atoms with van der Waals surface area (Å²) >= 11 is 0. The highest BCUT2D eigenvalue weighted by molar-refractivity contribution is 6.34. The van der Waals surface area contributed by atoms with Crippen LogP contribution in [-0.4, -0.2) is 60.2 Å². The Morgan fingerprint density at radius 2 is 1.27 bits per heavy atom. The maximum atomic E-state index is 12.3. The number of carbonyl (C=O) groups is 2. The van der Waals surface area contributed by atoms with Gasteiger partial charge in [-0.25, -0.2) is 15.0 Å². The number of rotatable bonds is 7. The number of aromatic nitrogens is 1. The molecule has 7 rings (SSSR count). The predicted molar refractivity (Wildman–Crippen MR) is 186 cm³/mol. The molecule has 10 heteroatoms. The van der Waals surface area contributed by atoms with Crippen LogP contribution in [0.15, 0.2) is 140 Å². The minimum absolute atomic E-state index is 0.186. The van der Waals surface area contributed by atoms with Gasteiger partial charge < -0.3 is 24.7 Å². The summed E-state index contributed by atoms with van der Waals surface area (Å²) < 4.78 is 9.99. The maximum absolute atomic E-state index is 12.3. The Morgan fingerprint density at radius 1 is 0.688 bits per heavy atom. The first kappa shape index (κ1) is 30.6. The van der Waals surface area contributed by atoms with E-state index in [-0.39, 0.29) is 24.8 Å². The molecule has 0 saturated carbocycles. The number of ether oxygens (including phenoxy) is 2. The standard InChI is InChI=1S/C38H34N6O4/c1-44-22-21-39-38(44)37-32-17-13-28(42-32)24(9-19-34(45)47-2)26-11-15-30(40-26)36(23-7-5-4-6-8-23)31-16-12-27(41-31)25(10-20-35(46)48-3)29-14-18-33(37)43-29/h4-8,11-18,21-22,39-40H,9-10,19-20H2,1-3H3. The third kappa shape index (κ3) is 5.84. The van der Waals surface area contributed by atoms with Crippen molar-refractivity contribution < 1.29 is 19.1 Å². The number of aliphatic imine (C=N–C) groups is 3. The van der Waals surface area contributed by atoms with Gasteiger partial charge in [0.05, 0.1) is 54.0 Å². The van der Waals surface area contributed by atoms with E-state index in [4.69, 9.17) is 24.5 Å². The van der Waals surface area contributed by atoms with Gasteiger partial charge in [0.2, 0.25) is 0 Å². The Hall–Kier alpha value is -6.03. The molecule has 0 unspecified atom stereocenters. The molecular formula is C38H34N6O4. The molecule has 240 valence electrons. The fraction of sp³-hybridized carbons (Fsp3) is 0.184. The molecule has 10 nitrogen and oxygen atoms in total. The molecule has 2 aromatic rings. The summed E-state index contributed by atoms with van der Waals surface area (Å²) in [6, 6.07) is 14.2. The molecular weight excluding hydrogens is 604 g/mol. The van der Waals surface area contributed by atoms with Crippen molar-refractivity contribution in [2.75, 3.05) is 21.3 Å². The van der Waals surface area contributed by atoms with E-state index >= 15 is 0 Å². The number of esters is 2. The molecule has 0 spiro atoms. The molecule has 5 aliphatic rings. The summed E-state index contributed by atoms with van der Waals surface area (Å²) in [5, 5.41) is 3.35. The van der Waals surface area contributed by atoms with Gasteiger partial charge in [-0.3, -0.25) is 9.59 Å². The van der Waals surface area contributed by atoms with Gasteiger partial charge in [-0.15, -0.1) is 0 Å². The molecule has 0 fully saturated rings. The second-order valence-electron chi connectivity index (χ2n) is 11.6. The number of hydrogen-bond donors (Lipinski definition) is 2. The number of methoxy groups -OCH3 is 2. The fourth-order valence-electron chi connectivity index (χ4n) is 6.24. The topological polar surface area (TPSA) is 121 Å². The van der Waals surface area contributed by atoms with Crippen molar-refractivity contribution >= 4 is 40.2 Å². The Morgan fingerprint density at radius 3 is 1.92 bits per heavy atom. The molecule has 1 aromatic heterocycles. The van der Waals surface area contributed by atoms with Gasteiger partial charge in [0.25, 0.3) is 0 Å². The predicted octanol–water partition coefficient (Wildman–Crippen LogP) is 5.91. The molecule has 8 bridgehead atoms. The minimum Gasteiger partial charge on any atom is -0.469 e. The Balaban J connectivity index is 1.49. The van der Waals surface area contributed by atoms with Crippen molar-refractivity contribution in [1.29, 1.82) is 0 Å². The number of nitrogens with zero attached hydrogens (tertiary/aromatic N) is 4. The maximum Gasteiger partial charge on any atom is 0.305 e. The van der Waals surface area contributed by atoms with E-state index in [1.807, 2.05) is 91.1 Å². The highest BCUT2D eigenvalue weighted by Gasteiger charge is 2.28. The lowest BCUT2D eigenvalue weighted by atomic mass is 10.0. The van der Waals surface area contributed by atoms with Crippen molar-refractivity contribution in [3.8, 4) is 0 Å². The van der Waals surface area contributed by atoms with Crippen molar-refractivity contribution in [2.24, 2.45) is 15.0 Å². The van der Waals surface area contributed by atoms with Gasteiger partial charge in [-0.2, -0.15) is 0 Å². The van der Waals surface area contributed by atoms with Crippen LogP contribution in [0.2, 0.25) is 0 Å². The summed E-state index contributed by atoms with van der Waals surface area (Å²) in [5.41, 5.74) is 10.6. The third-order valence-electron chi connectivity index (χ3n) is 8.68. The number of nitrogens with one attached hydrogen (secondary N) is 2. The molecule has 5 aliphatic heterocycles. The lowest BCUT2D eigenvalue weighted by Gasteiger charge is -2.17. The average molecular weight is 639 g/mol. The van der Waals surface area contributed by atoms with E-state index in [1.165, 1.54) is 14.2 Å². The van der Waals surface area contributed by atoms with Crippen LogP contribution >= 0.6 is 0 Å². The first-order valence-electron chi connectivity index (χ1n) is 15.7. The fourth-order valence-corrected chi connectivity index (χ4v) is 6.24. The van der Waals surface area contributed by atoms with E-state index in [9.17, 15) is 9.59 Å². The summed E-state index contributed by atoms with van der Waals surface area (Å²) in [4.78, 5) is 45.7. The summed E-state index contributed by atoms with van der Waals surface area (Å²) in [7, 11) is 4.76. The molecule has 6 heterocycles.